The molecule has 2 rings (SSSR count). The Balaban J connectivity index is 2.19. The minimum Gasteiger partial charge on any atom is -0.481 e. The number of halogens is 1. The van der Waals surface area contributed by atoms with Crippen molar-refractivity contribution in [1.82, 2.24) is 0 Å². The lowest BCUT2D eigenvalue weighted by Crippen LogP contribution is -1.98. The van der Waals surface area contributed by atoms with Crippen LogP contribution in [-0.4, -0.2) is 11.2 Å². The average Bonchev–Trinajstić information content (AvgIpc) is 2.82. The smallest absolute Gasteiger partial charge is 0.311 e. The Morgan fingerprint density at radius 3 is 2.74 bits per heavy atom. The van der Waals surface area contributed by atoms with Crippen LogP contribution in [0, 0.1) is 10.1 Å². The Hall–Kier alpha value is -1.92. The van der Waals surface area contributed by atoms with Crippen molar-refractivity contribution in [3.63, 3.8) is 0 Å². The summed E-state index contributed by atoms with van der Waals surface area (Å²) in [6.07, 6.45) is 0.551. The van der Waals surface area contributed by atoms with Crippen LogP contribution in [0.2, 0.25) is 4.34 Å². The minimum absolute atomic E-state index is 0.125. The SMILES string of the molecule is O=Cc1ccc(OCc2ccc(Cl)s2)c([N+](=O)[O-])c1. The first-order valence-electron chi connectivity index (χ1n) is 5.21. The Bertz CT molecular complexity index is 626. The van der Waals surface area contributed by atoms with Crippen LogP contribution in [-0.2, 0) is 6.61 Å². The van der Waals surface area contributed by atoms with Crippen LogP contribution < -0.4 is 4.74 Å². The molecule has 0 saturated heterocycles. The molecule has 0 spiro atoms. The summed E-state index contributed by atoms with van der Waals surface area (Å²) >= 11 is 7.12. The minimum atomic E-state index is -0.580. The summed E-state index contributed by atoms with van der Waals surface area (Å²) in [5, 5.41) is 10.9. The highest BCUT2D eigenvalue weighted by molar-refractivity contribution is 7.16. The van der Waals surface area contributed by atoms with Gasteiger partial charge in [-0.25, -0.2) is 0 Å². The van der Waals surface area contributed by atoms with E-state index in [2.05, 4.69) is 0 Å². The lowest BCUT2D eigenvalue weighted by Gasteiger charge is -2.05. The predicted octanol–water partition coefficient (Wildman–Crippen LogP) is 3.70. The maximum absolute atomic E-state index is 10.9. The van der Waals surface area contributed by atoms with Gasteiger partial charge in [-0.2, -0.15) is 0 Å². The van der Waals surface area contributed by atoms with Gasteiger partial charge in [-0.05, 0) is 24.3 Å². The fourth-order valence-electron chi connectivity index (χ4n) is 1.45. The number of hydrogen-bond donors (Lipinski definition) is 0. The summed E-state index contributed by atoms with van der Waals surface area (Å²) in [4.78, 5) is 21.8. The van der Waals surface area contributed by atoms with Crippen LogP contribution in [0.4, 0.5) is 5.69 Å². The van der Waals surface area contributed by atoms with Gasteiger partial charge in [0.15, 0.2) is 5.75 Å². The van der Waals surface area contributed by atoms with Gasteiger partial charge in [0.1, 0.15) is 12.9 Å². The molecule has 0 aliphatic heterocycles. The van der Waals surface area contributed by atoms with Gasteiger partial charge in [-0.3, -0.25) is 14.9 Å². The molecule has 0 aliphatic rings. The molecule has 1 aromatic carbocycles. The van der Waals surface area contributed by atoms with E-state index in [0.29, 0.717) is 10.6 Å². The van der Waals surface area contributed by atoms with Gasteiger partial charge in [0.25, 0.3) is 0 Å². The molecule has 0 unspecified atom stereocenters. The van der Waals surface area contributed by atoms with Crippen molar-refractivity contribution in [2.24, 2.45) is 0 Å². The van der Waals surface area contributed by atoms with Gasteiger partial charge in [0.05, 0.1) is 9.26 Å². The molecule has 0 atom stereocenters. The number of hydrogen-bond acceptors (Lipinski definition) is 5. The lowest BCUT2D eigenvalue weighted by molar-refractivity contribution is -0.386. The maximum Gasteiger partial charge on any atom is 0.311 e. The summed E-state index contributed by atoms with van der Waals surface area (Å²) in [5.41, 5.74) is 0.00507. The second kappa shape index (κ2) is 5.81. The number of nitro groups is 1. The Morgan fingerprint density at radius 1 is 1.37 bits per heavy atom. The lowest BCUT2D eigenvalue weighted by atomic mass is 10.2. The monoisotopic (exact) mass is 297 g/mol. The second-order valence-electron chi connectivity index (χ2n) is 3.60. The average molecular weight is 298 g/mol. The second-order valence-corrected chi connectivity index (χ2v) is 5.40. The number of ether oxygens (including phenoxy) is 1. The van der Waals surface area contributed by atoms with E-state index in [9.17, 15) is 14.9 Å². The number of benzene rings is 1. The van der Waals surface area contributed by atoms with Gasteiger partial charge in [0.2, 0.25) is 0 Å². The van der Waals surface area contributed by atoms with Crippen LogP contribution in [0.3, 0.4) is 0 Å². The van der Waals surface area contributed by atoms with Crippen LogP contribution in [0.25, 0.3) is 0 Å². The molecule has 1 aromatic heterocycles. The number of aldehydes is 1. The highest BCUT2D eigenvalue weighted by Crippen LogP contribution is 2.29. The van der Waals surface area contributed by atoms with Crippen molar-refractivity contribution < 1.29 is 14.5 Å². The first kappa shape index (κ1) is 13.5. The van der Waals surface area contributed by atoms with E-state index in [1.807, 2.05) is 0 Å². The third-order valence-corrected chi connectivity index (χ3v) is 3.52. The topological polar surface area (TPSA) is 69.4 Å². The van der Waals surface area contributed by atoms with Gasteiger partial charge in [-0.15, -0.1) is 11.3 Å². The number of rotatable bonds is 5. The zero-order chi connectivity index (χ0) is 13.8. The molecule has 0 N–H and O–H groups in total. The van der Waals surface area contributed by atoms with Crippen LogP contribution in [0.15, 0.2) is 30.3 Å². The predicted molar refractivity (Wildman–Crippen MR) is 72.1 cm³/mol. The van der Waals surface area contributed by atoms with E-state index in [4.69, 9.17) is 16.3 Å². The molecule has 0 fully saturated rings. The Labute approximate surface area is 117 Å². The largest absolute Gasteiger partial charge is 0.481 e. The first-order chi connectivity index (χ1) is 9.10. The molecule has 0 aliphatic carbocycles. The van der Waals surface area contributed by atoms with E-state index >= 15 is 0 Å². The van der Waals surface area contributed by atoms with Crippen molar-refractivity contribution >= 4 is 34.9 Å². The van der Waals surface area contributed by atoms with E-state index in [-0.39, 0.29) is 23.6 Å². The molecule has 0 radical (unpaired) electrons. The molecular formula is C12H8ClNO4S. The highest BCUT2D eigenvalue weighted by Gasteiger charge is 2.16. The first-order valence-corrected chi connectivity index (χ1v) is 6.40. The van der Waals surface area contributed by atoms with Crippen molar-refractivity contribution in [1.29, 1.82) is 0 Å². The normalized spacial score (nSPS) is 10.2. The van der Waals surface area contributed by atoms with Gasteiger partial charge in [0, 0.05) is 16.5 Å². The summed E-state index contributed by atoms with van der Waals surface area (Å²) < 4.78 is 6.02. The summed E-state index contributed by atoms with van der Waals surface area (Å²) in [6.45, 7) is 0.193. The van der Waals surface area contributed by atoms with Crippen LogP contribution in [0.1, 0.15) is 15.2 Å². The molecule has 19 heavy (non-hydrogen) atoms. The zero-order valence-electron chi connectivity index (χ0n) is 9.54. The van der Waals surface area contributed by atoms with Gasteiger partial charge < -0.3 is 4.74 Å². The molecular weight excluding hydrogens is 290 g/mol. The fourth-order valence-corrected chi connectivity index (χ4v) is 2.45. The molecule has 0 amide bonds. The number of thiophene rings is 1. The van der Waals surface area contributed by atoms with Crippen LogP contribution in [0.5, 0.6) is 5.75 Å². The van der Waals surface area contributed by atoms with E-state index < -0.39 is 4.92 Å². The van der Waals surface area contributed by atoms with E-state index in [1.54, 1.807) is 12.1 Å². The summed E-state index contributed by atoms with van der Waals surface area (Å²) in [5.74, 6) is 0.125. The van der Waals surface area contributed by atoms with Crippen LogP contribution >= 0.6 is 22.9 Å². The van der Waals surface area contributed by atoms with E-state index in [0.717, 1.165) is 4.88 Å². The molecule has 1 heterocycles. The number of nitrogens with zero attached hydrogens (tertiary/aromatic N) is 1. The molecule has 2 aromatic rings. The highest BCUT2D eigenvalue weighted by atomic mass is 35.5. The Kier molecular flexibility index (Phi) is 4.13. The molecule has 7 heteroatoms. The van der Waals surface area contributed by atoms with Crippen molar-refractivity contribution in [3.05, 3.63) is 55.2 Å². The third-order valence-electron chi connectivity index (χ3n) is 2.31. The standard InChI is InChI=1S/C12H8ClNO4S/c13-12-4-2-9(19-12)7-18-11-3-1-8(6-15)5-10(11)14(16)17/h1-6H,7H2. The summed E-state index contributed by atoms with van der Waals surface area (Å²) in [6, 6.07) is 7.59. The molecule has 5 nitrogen and oxygen atoms in total. The van der Waals surface area contributed by atoms with E-state index in [1.165, 1.54) is 29.5 Å². The number of carbonyl (C=O) groups is 1. The fraction of sp³-hybridized carbons (Fsp3) is 0.0833. The quantitative estimate of drug-likeness (QED) is 0.479. The van der Waals surface area contributed by atoms with Gasteiger partial charge in [-0.1, -0.05) is 11.6 Å². The third kappa shape index (κ3) is 3.30. The van der Waals surface area contributed by atoms with Crippen molar-refractivity contribution in [2.75, 3.05) is 0 Å². The number of carbonyl (C=O) groups excluding carboxylic acids is 1. The zero-order valence-corrected chi connectivity index (χ0v) is 11.1. The van der Waals surface area contributed by atoms with Crippen molar-refractivity contribution in [3.8, 4) is 5.75 Å². The van der Waals surface area contributed by atoms with Crippen molar-refractivity contribution in [2.45, 2.75) is 6.61 Å². The molecule has 98 valence electrons. The molecule has 0 saturated carbocycles. The van der Waals surface area contributed by atoms with Gasteiger partial charge >= 0.3 is 5.69 Å². The summed E-state index contributed by atoms with van der Waals surface area (Å²) in [7, 11) is 0. The molecule has 0 bridgehead atoms. The maximum atomic E-state index is 10.9. The Morgan fingerprint density at radius 2 is 2.16 bits per heavy atom. The number of nitro benzene ring substituents is 1.